The summed E-state index contributed by atoms with van der Waals surface area (Å²) in [6.07, 6.45) is 3.52. The molecule has 1 saturated heterocycles. The number of aliphatic carboxylic acids is 1. The normalized spacial score (nSPS) is 15.9. The predicted octanol–water partition coefficient (Wildman–Crippen LogP) is 2.00. The van der Waals surface area contributed by atoms with E-state index in [1.165, 1.54) is 4.88 Å². The topological polar surface area (TPSA) is 57.6 Å². The number of likely N-dealkylation sites (tertiary alicyclic amines) is 1. The van der Waals surface area contributed by atoms with Gasteiger partial charge in [0.15, 0.2) is 0 Å². The summed E-state index contributed by atoms with van der Waals surface area (Å²) in [4.78, 5) is 26.2. The second-order valence-corrected chi connectivity index (χ2v) is 5.81. The molecular formula is C13H15NO3S. The van der Waals surface area contributed by atoms with Crippen molar-refractivity contribution in [3.05, 3.63) is 28.0 Å². The van der Waals surface area contributed by atoms with Gasteiger partial charge in [0.1, 0.15) is 0 Å². The monoisotopic (exact) mass is 265 g/mol. The lowest BCUT2D eigenvalue weighted by Crippen LogP contribution is -2.49. The third kappa shape index (κ3) is 3.20. The van der Waals surface area contributed by atoms with E-state index in [0.717, 1.165) is 4.88 Å². The standard InChI is InChI=1S/C13H15NO3S/c1-9-2-3-11(18-9)4-5-12(15)14-7-10(8-14)6-13(16)17/h2-5,10H,6-8H2,1H3,(H,16,17). The predicted molar refractivity (Wildman–Crippen MR) is 70.4 cm³/mol. The number of hydrogen-bond acceptors (Lipinski definition) is 3. The Balaban J connectivity index is 1.80. The molecule has 18 heavy (non-hydrogen) atoms. The molecular weight excluding hydrogens is 250 g/mol. The van der Waals surface area contributed by atoms with Gasteiger partial charge >= 0.3 is 5.97 Å². The number of rotatable bonds is 4. The van der Waals surface area contributed by atoms with Crippen LogP contribution in [0.25, 0.3) is 6.08 Å². The lowest BCUT2D eigenvalue weighted by molar-refractivity contribution is -0.143. The Hall–Kier alpha value is -1.62. The van der Waals surface area contributed by atoms with Crippen LogP contribution in [0.5, 0.6) is 0 Å². The van der Waals surface area contributed by atoms with E-state index in [1.54, 1.807) is 22.3 Å². The van der Waals surface area contributed by atoms with Gasteiger partial charge in [-0.1, -0.05) is 0 Å². The zero-order valence-electron chi connectivity index (χ0n) is 10.1. The van der Waals surface area contributed by atoms with Gasteiger partial charge in [0.25, 0.3) is 0 Å². The first kappa shape index (κ1) is 12.8. The average Bonchev–Trinajstić information content (AvgIpc) is 2.65. The molecule has 2 heterocycles. The summed E-state index contributed by atoms with van der Waals surface area (Å²) in [5, 5.41) is 8.61. The van der Waals surface area contributed by atoms with E-state index in [2.05, 4.69) is 0 Å². The van der Waals surface area contributed by atoms with Gasteiger partial charge in [-0.15, -0.1) is 11.3 Å². The van der Waals surface area contributed by atoms with Crippen molar-refractivity contribution in [1.82, 2.24) is 4.90 Å². The molecule has 1 aliphatic heterocycles. The Labute approximate surface area is 110 Å². The highest BCUT2D eigenvalue weighted by Gasteiger charge is 2.30. The van der Waals surface area contributed by atoms with Gasteiger partial charge in [-0.3, -0.25) is 9.59 Å². The van der Waals surface area contributed by atoms with E-state index in [-0.39, 0.29) is 18.2 Å². The molecule has 1 N–H and O–H groups in total. The number of carboxylic acid groups (broad SMARTS) is 1. The number of amides is 1. The lowest BCUT2D eigenvalue weighted by Gasteiger charge is -2.37. The molecule has 0 aliphatic carbocycles. The molecule has 4 nitrogen and oxygen atoms in total. The number of carbonyl (C=O) groups is 2. The van der Waals surface area contributed by atoms with Crippen LogP contribution in [0.1, 0.15) is 16.2 Å². The van der Waals surface area contributed by atoms with Crippen molar-refractivity contribution in [3.63, 3.8) is 0 Å². The largest absolute Gasteiger partial charge is 0.481 e. The fourth-order valence-corrected chi connectivity index (χ4v) is 2.71. The van der Waals surface area contributed by atoms with Crippen molar-refractivity contribution in [2.45, 2.75) is 13.3 Å². The van der Waals surface area contributed by atoms with Gasteiger partial charge < -0.3 is 10.0 Å². The molecule has 1 aromatic heterocycles. The highest BCUT2D eigenvalue weighted by molar-refractivity contribution is 7.12. The molecule has 0 spiro atoms. The van der Waals surface area contributed by atoms with Crippen LogP contribution in [-0.4, -0.2) is 35.0 Å². The first-order chi connectivity index (χ1) is 8.54. The van der Waals surface area contributed by atoms with Gasteiger partial charge in [-0.05, 0) is 25.1 Å². The Kier molecular flexibility index (Phi) is 3.81. The highest BCUT2D eigenvalue weighted by Crippen LogP contribution is 2.20. The second kappa shape index (κ2) is 5.35. The first-order valence-electron chi connectivity index (χ1n) is 5.80. The van der Waals surface area contributed by atoms with Gasteiger partial charge in [-0.2, -0.15) is 0 Å². The SMILES string of the molecule is Cc1ccc(C=CC(=O)N2CC(CC(=O)O)C2)s1. The fourth-order valence-electron chi connectivity index (χ4n) is 1.93. The summed E-state index contributed by atoms with van der Waals surface area (Å²) < 4.78 is 0. The zero-order chi connectivity index (χ0) is 13.1. The average molecular weight is 265 g/mol. The zero-order valence-corrected chi connectivity index (χ0v) is 10.9. The Morgan fingerprint density at radius 3 is 2.78 bits per heavy atom. The third-order valence-electron chi connectivity index (χ3n) is 2.88. The van der Waals surface area contributed by atoms with Gasteiger partial charge in [-0.25, -0.2) is 0 Å². The number of nitrogens with zero attached hydrogens (tertiary/aromatic N) is 1. The number of hydrogen-bond donors (Lipinski definition) is 1. The lowest BCUT2D eigenvalue weighted by atomic mass is 9.96. The summed E-state index contributed by atoms with van der Waals surface area (Å²) in [5.41, 5.74) is 0. The molecule has 1 aliphatic rings. The van der Waals surface area contributed by atoms with Crippen LogP contribution in [0.4, 0.5) is 0 Å². The van der Waals surface area contributed by atoms with Gasteiger partial charge in [0.05, 0.1) is 6.42 Å². The first-order valence-corrected chi connectivity index (χ1v) is 6.61. The van der Waals surface area contributed by atoms with E-state index in [0.29, 0.717) is 13.1 Å². The maximum atomic E-state index is 11.7. The van der Waals surface area contributed by atoms with Crippen LogP contribution in [-0.2, 0) is 9.59 Å². The number of thiophene rings is 1. The maximum absolute atomic E-state index is 11.7. The summed E-state index contributed by atoms with van der Waals surface area (Å²) in [5.74, 6) is -0.719. The molecule has 1 fully saturated rings. The van der Waals surface area contributed by atoms with Crippen molar-refractivity contribution in [1.29, 1.82) is 0 Å². The van der Waals surface area contributed by atoms with Gasteiger partial charge in [0.2, 0.25) is 5.91 Å². The molecule has 5 heteroatoms. The summed E-state index contributed by atoms with van der Waals surface area (Å²) >= 11 is 1.64. The molecule has 0 aromatic carbocycles. The molecule has 0 unspecified atom stereocenters. The Morgan fingerprint density at radius 2 is 2.22 bits per heavy atom. The minimum Gasteiger partial charge on any atom is -0.481 e. The van der Waals surface area contributed by atoms with E-state index in [9.17, 15) is 9.59 Å². The molecule has 2 rings (SSSR count). The highest BCUT2D eigenvalue weighted by atomic mass is 32.1. The summed E-state index contributed by atoms with van der Waals surface area (Å²) in [6.45, 7) is 3.13. The molecule has 1 aromatic rings. The molecule has 96 valence electrons. The minimum atomic E-state index is -0.795. The molecule has 1 amide bonds. The number of carbonyl (C=O) groups excluding carboxylic acids is 1. The van der Waals surface area contributed by atoms with Crippen LogP contribution in [0, 0.1) is 12.8 Å². The van der Waals surface area contributed by atoms with Crippen LogP contribution in [0.3, 0.4) is 0 Å². The van der Waals surface area contributed by atoms with Crippen molar-refractivity contribution in [2.75, 3.05) is 13.1 Å². The van der Waals surface area contributed by atoms with Crippen molar-refractivity contribution >= 4 is 29.3 Å². The van der Waals surface area contributed by atoms with E-state index < -0.39 is 5.97 Å². The Bertz CT molecular complexity index is 486. The van der Waals surface area contributed by atoms with E-state index in [1.807, 2.05) is 25.1 Å². The fraction of sp³-hybridized carbons (Fsp3) is 0.385. The summed E-state index contributed by atoms with van der Waals surface area (Å²) in [7, 11) is 0. The van der Waals surface area contributed by atoms with E-state index in [4.69, 9.17) is 5.11 Å². The molecule has 0 saturated carbocycles. The molecule has 0 atom stereocenters. The second-order valence-electron chi connectivity index (χ2n) is 4.49. The van der Waals surface area contributed by atoms with Crippen LogP contribution < -0.4 is 0 Å². The van der Waals surface area contributed by atoms with Gasteiger partial charge in [0, 0.05) is 34.8 Å². The number of aryl methyl sites for hydroxylation is 1. The van der Waals surface area contributed by atoms with E-state index >= 15 is 0 Å². The van der Waals surface area contributed by atoms with Crippen molar-refractivity contribution in [3.8, 4) is 0 Å². The van der Waals surface area contributed by atoms with Crippen molar-refractivity contribution in [2.24, 2.45) is 5.92 Å². The molecule has 0 bridgehead atoms. The molecule has 0 radical (unpaired) electrons. The van der Waals surface area contributed by atoms with Crippen LogP contribution >= 0.6 is 11.3 Å². The third-order valence-corrected chi connectivity index (χ3v) is 3.85. The smallest absolute Gasteiger partial charge is 0.303 e. The summed E-state index contributed by atoms with van der Waals surface area (Å²) in [6, 6.07) is 3.99. The van der Waals surface area contributed by atoms with Crippen LogP contribution in [0.2, 0.25) is 0 Å². The Morgan fingerprint density at radius 1 is 1.50 bits per heavy atom. The van der Waals surface area contributed by atoms with Crippen molar-refractivity contribution < 1.29 is 14.7 Å². The minimum absolute atomic E-state index is 0.0392. The maximum Gasteiger partial charge on any atom is 0.303 e. The quantitative estimate of drug-likeness (QED) is 0.847. The van der Waals surface area contributed by atoms with Crippen LogP contribution in [0.15, 0.2) is 18.2 Å². The number of carboxylic acids is 1.